The average Bonchev–Trinajstić information content (AvgIpc) is 3.21. The van der Waals surface area contributed by atoms with Crippen LogP contribution >= 0.6 is 0 Å². The van der Waals surface area contributed by atoms with E-state index >= 15 is 0 Å². The Morgan fingerprint density at radius 3 is 2.37 bits per heavy atom. The first-order chi connectivity index (χ1) is 17.0. The summed E-state index contributed by atoms with van der Waals surface area (Å²) < 4.78 is 29.2. The number of carbonyl (C=O) groups excluding carboxylic acids is 2. The summed E-state index contributed by atoms with van der Waals surface area (Å²) in [5.74, 6) is 0.764. The lowest BCUT2D eigenvalue weighted by Gasteiger charge is -2.37. The van der Waals surface area contributed by atoms with E-state index in [-0.39, 0.29) is 23.6 Å². The van der Waals surface area contributed by atoms with E-state index in [4.69, 9.17) is 14.2 Å². The molecule has 180 valence electrons. The van der Waals surface area contributed by atoms with E-state index < -0.39 is 6.10 Å². The van der Waals surface area contributed by atoms with Crippen LogP contribution in [0.4, 0.5) is 16.0 Å². The maximum atomic E-state index is 13.0. The van der Waals surface area contributed by atoms with Crippen LogP contribution in [0, 0.1) is 11.7 Å². The monoisotopic (exact) mass is 479 g/mol. The zero-order valence-corrected chi connectivity index (χ0v) is 18.8. The van der Waals surface area contributed by atoms with Gasteiger partial charge in [0.15, 0.2) is 6.10 Å². The van der Waals surface area contributed by atoms with E-state index in [0.717, 1.165) is 0 Å². The molecule has 0 N–H and O–H groups in total. The number of nitrogens with zero attached hydrogens (tertiary/aromatic N) is 5. The topological polar surface area (TPSA) is 107 Å². The highest BCUT2D eigenvalue weighted by atomic mass is 19.1. The van der Waals surface area contributed by atoms with Crippen LogP contribution in [0.3, 0.4) is 0 Å². The van der Waals surface area contributed by atoms with Crippen molar-refractivity contribution < 1.29 is 28.2 Å². The first-order valence-electron chi connectivity index (χ1n) is 11.0. The largest absolute Gasteiger partial charge is 0.479 e. The van der Waals surface area contributed by atoms with Crippen molar-refractivity contribution in [1.82, 2.24) is 15.0 Å². The van der Waals surface area contributed by atoms with Gasteiger partial charge in [0, 0.05) is 32.1 Å². The normalized spacial score (nSPS) is 17.8. The van der Waals surface area contributed by atoms with Crippen LogP contribution in [0.15, 0.2) is 55.0 Å². The molecule has 0 saturated carbocycles. The molecule has 2 aliphatic heterocycles. The zero-order chi connectivity index (χ0) is 24.4. The summed E-state index contributed by atoms with van der Waals surface area (Å²) in [6, 6.07) is 8.89. The molecule has 1 atom stereocenters. The molecule has 2 aromatic heterocycles. The Kier molecular flexibility index (Phi) is 6.13. The number of rotatable bonds is 7. The highest BCUT2D eigenvalue weighted by molar-refractivity contribution is 5.98. The summed E-state index contributed by atoms with van der Waals surface area (Å²) in [5, 5.41) is 0. The Morgan fingerprint density at radius 1 is 1.00 bits per heavy atom. The molecule has 4 heterocycles. The number of carbonyl (C=O) groups is 2. The first-order valence-corrected chi connectivity index (χ1v) is 11.0. The molecule has 11 heteroatoms. The lowest BCUT2D eigenvalue weighted by molar-refractivity contribution is -0.146. The summed E-state index contributed by atoms with van der Waals surface area (Å²) in [5.41, 5.74) is 0.580. The van der Waals surface area contributed by atoms with Gasteiger partial charge in [-0.25, -0.2) is 19.3 Å². The molecule has 1 aromatic carbocycles. The number of methoxy groups -OCH3 is 1. The van der Waals surface area contributed by atoms with Crippen molar-refractivity contribution in [3.8, 4) is 17.4 Å². The molecule has 2 fully saturated rings. The third-order valence-corrected chi connectivity index (χ3v) is 5.82. The highest BCUT2D eigenvalue weighted by Gasteiger charge is 2.37. The molecule has 35 heavy (non-hydrogen) atoms. The first kappa shape index (κ1) is 22.5. The molecular formula is C24H22FN5O5. The summed E-state index contributed by atoms with van der Waals surface area (Å²) >= 11 is 0. The average molecular weight is 479 g/mol. The lowest BCUT2D eigenvalue weighted by atomic mass is 10.0. The number of amides is 1. The quantitative estimate of drug-likeness (QED) is 0.473. The van der Waals surface area contributed by atoms with Gasteiger partial charge in [-0.2, -0.15) is 0 Å². The van der Waals surface area contributed by atoms with Crippen LogP contribution in [0.5, 0.6) is 17.4 Å². The van der Waals surface area contributed by atoms with Gasteiger partial charge in [0.05, 0.1) is 37.3 Å². The predicted molar refractivity (Wildman–Crippen MR) is 122 cm³/mol. The number of ether oxygens (including phenoxy) is 3. The number of hydrogen-bond donors (Lipinski definition) is 0. The molecule has 0 aliphatic carbocycles. The number of benzene rings is 1. The Bertz CT molecular complexity index is 1200. The number of hydrogen-bond acceptors (Lipinski definition) is 9. The molecule has 10 nitrogen and oxygen atoms in total. The molecule has 3 aromatic rings. The van der Waals surface area contributed by atoms with Crippen LogP contribution < -0.4 is 19.3 Å². The standard InChI is InChI=1S/C24H22FN5O5/c1-33-23(32)15-13-29(14-15)24-27-10-17(11-28-24)30-9-8-20(22(30)31)34-19-6-7-21(26-12-19)35-18-4-2-16(25)3-5-18/h2-7,10-12,15,20H,8-9,13-14H2,1H3/t20-/m1/s1. The fourth-order valence-corrected chi connectivity index (χ4v) is 3.88. The van der Waals surface area contributed by atoms with Crippen LogP contribution in [0.25, 0.3) is 0 Å². The third kappa shape index (κ3) is 4.84. The van der Waals surface area contributed by atoms with Gasteiger partial charge in [0.2, 0.25) is 11.8 Å². The van der Waals surface area contributed by atoms with Gasteiger partial charge in [-0.15, -0.1) is 0 Å². The minimum atomic E-state index is -0.656. The zero-order valence-electron chi connectivity index (χ0n) is 18.8. The van der Waals surface area contributed by atoms with Gasteiger partial charge in [0.25, 0.3) is 5.91 Å². The van der Waals surface area contributed by atoms with Gasteiger partial charge in [-0.3, -0.25) is 9.59 Å². The fraction of sp³-hybridized carbons (Fsp3) is 0.292. The third-order valence-electron chi connectivity index (χ3n) is 5.82. The number of anilines is 2. The molecule has 0 bridgehead atoms. The SMILES string of the molecule is COC(=O)C1CN(c2ncc(N3CC[C@@H](Oc4ccc(Oc5ccc(F)cc5)nc4)C3=O)cn2)C1. The van der Waals surface area contributed by atoms with Crippen molar-refractivity contribution in [2.75, 3.05) is 36.5 Å². The van der Waals surface area contributed by atoms with E-state index in [9.17, 15) is 14.0 Å². The Morgan fingerprint density at radius 2 is 1.71 bits per heavy atom. The van der Waals surface area contributed by atoms with Gasteiger partial charge in [0.1, 0.15) is 17.3 Å². The molecule has 0 unspecified atom stereocenters. The molecule has 2 aliphatic rings. The summed E-state index contributed by atoms with van der Waals surface area (Å²) in [6.07, 6.45) is 4.51. The fourth-order valence-electron chi connectivity index (χ4n) is 3.88. The lowest BCUT2D eigenvalue weighted by Crippen LogP contribution is -2.51. The van der Waals surface area contributed by atoms with E-state index in [2.05, 4.69) is 15.0 Å². The molecular weight excluding hydrogens is 457 g/mol. The van der Waals surface area contributed by atoms with Crippen LogP contribution in [0.1, 0.15) is 6.42 Å². The van der Waals surface area contributed by atoms with Crippen molar-refractivity contribution >= 4 is 23.5 Å². The second-order valence-electron chi connectivity index (χ2n) is 8.14. The van der Waals surface area contributed by atoms with E-state index in [1.165, 1.54) is 37.6 Å². The molecule has 1 amide bonds. The minimum absolute atomic E-state index is 0.167. The van der Waals surface area contributed by atoms with E-state index in [1.807, 2.05) is 4.90 Å². The summed E-state index contributed by atoms with van der Waals surface area (Å²) in [6.45, 7) is 1.48. The van der Waals surface area contributed by atoms with Crippen molar-refractivity contribution in [3.63, 3.8) is 0 Å². The van der Waals surface area contributed by atoms with Crippen LogP contribution in [-0.2, 0) is 14.3 Å². The van der Waals surface area contributed by atoms with Crippen LogP contribution in [-0.4, -0.2) is 59.7 Å². The van der Waals surface area contributed by atoms with Crippen molar-refractivity contribution in [3.05, 3.63) is 60.8 Å². The summed E-state index contributed by atoms with van der Waals surface area (Å²) in [7, 11) is 1.37. The second-order valence-corrected chi connectivity index (χ2v) is 8.14. The minimum Gasteiger partial charge on any atom is -0.479 e. The smallest absolute Gasteiger partial charge is 0.312 e. The number of esters is 1. The Hall–Kier alpha value is -4.28. The number of pyridine rings is 1. The highest BCUT2D eigenvalue weighted by Crippen LogP contribution is 2.27. The van der Waals surface area contributed by atoms with Crippen molar-refractivity contribution in [2.24, 2.45) is 5.92 Å². The van der Waals surface area contributed by atoms with Crippen molar-refractivity contribution in [1.29, 1.82) is 0 Å². The van der Waals surface area contributed by atoms with Gasteiger partial charge in [-0.05, 0) is 30.3 Å². The van der Waals surface area contributed by atoms with E-state index in [0.29, 0.717) is 55.1 Å². The predicted octanol–water partition coefficient (Wildman–Crippen LogP) is 2.60. The molecule has 0 radical (unpaired) electrons. The summed E-state index contributed by atoms with van der Waals surface area (Å²) in [4.78, 5) is 40.7. The molecule has 2 saturated heterocycles. The van der Waals surface area contributed by atoms with Crippen LogP contribution in [0.2, 0.25) is 0 Å². The van der Waals surface area contributed by atoms with Crippen molar-refractivity contribution in [2.45, 2.75) is 12.5 Å². The Labute approximate surface area is 200 Å². The van der Waals surface area contributed by atoms with E-state index in [1.54, 1.807) is 29.4 Å². The molecule has 0 spiro atoms. The maximum Gasteiger partial charge on any atom is 0.312 e. The van der Waals surface area contributed by atoms with Gasteiger partial charge in [-0.1, -0.05) is 0 Å². The molecule has 5 rings (SSSR count). The Balaban J connectivity index is 1.15. The maximum absolute atomic E-state index is 13.0. The van der Waals surface area contributed by atoms with Gasteiger partial charge < -0.3 is 24.0 Å². The number of aromatic nitrogens is 3. The second kappa shape index (κ2) is 9.53. The van der Waals surface area contributed by atoms with Gasteiger partial charge >= 0.3 is 5.97 Å². The number of halogens is 1.